The van der Waals surface area contributed by atoms with Crippen LogP contribution in [0.15, 0.2) is 0 Å². The molecule has 1 unspecified atom stereocenters. The van der Waals surface area contributed by atoms with Crippen LogP contribution in [0.2, 0.25) is 0 Å². The Balaban J connectivity index is 2.97. The normalized spacial score (nSPS) is 13.2. The summed E-state index contributed by atoms with van der Waals surface area (Å²) >= 11 is 7.91. The van der Waals surface area contributed by atoms with Crippen molar-refractivity contribution >= 4 is 28.6 Å². The van der Waals surface area contributed by atoms with E-state index in [-0.39, 0.29) is 0 Å². The SMILES string of the molecule is CCCC(Br)CCCCCCCS. The minimum Gasteiger partial charge on any atom is -0.179 e. The first-order valence-electron chi connectivity index (χ1n) is 5.56. The van der Waals surface area contributed by atoms with Gasteiger partial charge < -0.3 is 0 Å². The Kier molecular flexibility index (Phi) is 11.6. The highest BCUT2D eigenvalue weighted by Crippen LogP contribution is 2.16. The molecule has 0 saturated carbocycles. The third-order valence-corrected chi connectivity index (χ3v) is 3.51. The molecule has 0 aromatic heterocycles. The fourth-order valence-electron chi connectivity index (χ4n) is 1.47. The lowest BCUT2D eigenvalue weighted by molar-refractivity contribution is 0.586. The van der Waals surface area contributed by atoms with E-state index in [9.17, 15) is 0 Å². The minimum absolute atomic E-state index is 0.766. The fraction of sp³-hybridized carbons (Fsp3) is 1.00. The Labute approximate surface area is 97.4 Å². The first-order valence-corrected chi connectivity index (χ1v) is 7.11. The molecule has 80 valence electrons. The van der Waals surface area contributed by atoms with Gasteiger partial charge in [-0.3, -0.25) is 0 Å². The third kappa shape index (κ3) is 10.8. The van der Waals surface area contributed by atoms with Crippen molar-refractivity contribution < 1.29 is 0 Å². The zero-order valence-electron chi connectivity index (χ0n) is 8.77. The second kappa shape index (κ2) is 10.9. The molecule has 0 spiro atoms. The van der Waals surface area contributed by atoms with Crippen molar-refractivity contribution in [2.24, 2.45) is 0 Å². The maximum absolute atomic E-state index is 4.20. The van der Waals surface area contributed by atoms with Gasteiger partial charge in [-0.2, -0.15) is 12.6 Å². The fourth-order valence-corrected chi connectivity index (χ4v) is 2.47. The van der Waals surface area contributed by atoms with Gasteiger partial charge in [0.05, 0.1) is 0 Å². The lowest BCUT2D eigenvalue weighted by Gasteiger charge is -2.07. The summed E-state index contributed by atoms with van der Waals surface area (Å²) in [5.74, 6) is 1.05. The van der Waals surface area contributed by atoms with E-state index in [0.29, 0.717) is 0 Å². The molecule has 1 atom stereocenters. The summed E-state index contributed by atoms with van der Waals surface area (Å²) in [4.78, 5) is 0.766. The van der Waals surface area contributed by atoms with Crippen LogP contribution >= 0.6 is 28.6 Å². The Hall–Kier alpha value is 0.830. The molecular weight excluding hydrogens is 244 g/mol. The second-order valence-electron chi connectivity index (χ2n) is 3.67. The molecule has 0 rings (SSSR count). The summed E-state index contributed by atoms with van der Waals surface area (Å²) in [5.41, 5.74) is 0. The predicted octanol–water partition coefficient (Wildman–Crippen LogP) is 4.82. The van der Waals surface area contributed by atoms with E-state index in [1.54, 1.807) is 0 Å². The van der Waals surface area contributed by atoms with Gasteiger partial charge in [0.2, 0.25) is 0 Å². The molecule has 0 fully saturated rings. The Bertz CT molecular complexity index is 96.1. The van der Waals surface area contributed by atoms with Gasteiger partial charge in [-0.1, -0.05) is 55.0 Å². The number of halogens is 1. The number of alkyl halides is 1. The molecule has 2 heteroatoms. The van der Waals surface area contributed by atoms with Crippen LogP contribution in [-0.2, 0) is 0 Å². The zero-order chi connectivity index (χ0) is 9.94. The van der Waals surface area contributed by atoms with Gasteiger partial charge in [-0.05, 0) is 25.0 Å². The lowest BCUT2D eigenvalue weighted by atomic mass is 10.1. The Morgan fingerprint density at radius 1 is 1.00 bits per heavy atom. The van der Waals surface area contributed by atoms with Crippen LogP contribution in [-0.4, -0.2) is 10.6 Å². The molecule has 0 bridgehead atoms. The summed E-state index contributed by atoms with van der Waals surface area (Å²) in [6, 6.07) is 0. The van der Waals surface area contributed by atoms with E-state index < -0.39 is 0 Å². The predicted molar refractivity (Wildman–Crippen MR) is 69.2 cm³/mol. The summed E-state index contributed by atoms with van der Waals surface area (Å²) < 4.78 is 0. The maximum Gasteiger partial charge on any atom is 0.0145 e. The number of hydrogen-bond donors (Lipinski definition) is 1. The number of rotatable bonds is 9. The van der Waals surface area contributed by atoms with Gasteiger partial charge >= 0.3 is 0 Å². The first-order chi connectivity index (χ1) is 6.31. The summed E-state index contributed by atoms with van der Waals surface area (Å²) in [6.07, 6.45) is 10.8. The van der Waals surface area contributed by atoms with Crippen LogP contribution < -0.4 is 0 Å². The molecule has 0 radical (unpaired) electrons. The number of thiol groups is 1. The molecule has 0 amide bonds. The highest BCUT2D eigenvalue weighted by atomic mass is 79.9. The van der Waals surface area contributed by atoms with Gasteiger partial charge in [0.25, 0.3) is 0 Å². The molecular formula is C11H23BrS. The Morgan fingerprint density at radius 2 is 1.62 bits per heavy atom. The molecule has 0 aliphatic heterocycles. The van der Waals surface area contributed by atoms with Crippen molar-refractivity contribution in [2.45, 2.75) is 63.1 Å². The van der Waals surface area contributed by atoms with E-state index in [1.165, 1.54) is 51.4 Å². The highest BCUT2D eigenvalue weighted by molar-refractivity contribution is 9.09. The van der Waals surface area contributed by atoms with Crippen LogP contribution in [0.4, 0.5) is 0 Å². The van der Waals surface area contributed by atoms with Crippen LogP contribution in [0, 0.1) is 0 Å². The van der Waals surface area contributed by atoms with Gasteiger partial charge in [0.15, 0.2) is 0 Å². The molecule has 0 N–H and O–H groups in total. The van der Waals surface area contributed by atoms with Crippen LogP contribution in [0.5, 0.6) is 0 Å². The summed E-state index contributed by atoms with van der Waals surface area (Å²) in [7, 11) is 0. The third-order valence-electron chi connectivity index (χ3n) is 2.28. The first kappa shape index (κ1) is 13.8. The molecule has 13 heavy (non-hydrogen) atoms. The van der Waals surface area contributed by atoms with Crippen molar-refractivity contribution in [1.29, 1.82) is 0 Å². The molecule has 0 aromatic carbocycles. The topological polar surface area (TPSA) is 0 Å². The van der Waals surface area contributed by atoms with Crippen LogP contribution in [0.25, 0.3) is 0 Å². The molecule has 0 aliphatic rings. The van der Waals surface area contributed by atoms with Crippen LogP contribution in [0.1, 0.15) is 58.3 Å². The van der Waals surface area contributed by atoms with Crippen molar-refractivity contribution in [2.75, 3.05) is 5.75 Å². The molecule has 0 nitrogen and oxygen atoms in total. The zero-order valence-corrected chi connectivity index (χ0v) is 11.2. The van der Waals surface area contributed by atoms with Crippen molar-refractivity contribution in [3.8, 4) is 0 Å². The second-order valence-corrected chi connectivity index (χ2v) is 5.41. The van der Waals surface area contributed by atoms with Gasteiger partial charge in [-0.25, -0.2) is 0 Å². The van der Waals surface area contributed by atoms with Gasteiger partial charge in [-0.15, -0.1) is 0 Å². The van der Waals surface area contributed by atoms with Gasteiger partial charge in [0, 0.05) is 4.83 Å². The number of hydrogen-bond acceptors (Lipinski definition) is 1. The highest BCUT2D eigenvalue weighted by Gasteiger charge is 2.01. The van der Waals surface area contributed by atoms with Crippen LogP contribution in [0.3, 0.4) is 0 Å². The van der Waals surface area contributed by atoms with E-state index in [4.69, 9.17) is 0 Å². The van der Waals surface area contributed by atoms with Gasteiger partial charge in [0.1, 0.15) is 0 Å². The monoisotopic (exact) mass is 266 g/mol. The number of unbranched alkanes of at least 4 members (excludes halogenated alkanes) is 4. The van der Waals surface area contributed by atoms with E-state index >= 15 is 0 Å². The maximum atomic E-state index is 4.20. The molecule has 0 saturated heterocycles. The average molecular weight is 267 g/mol. The lowest BCUT2D eigenvalue weighted by Crippen LogP contribution is -1.96. The largest absolute Gasteiger partial charge is 0.179 e. The van der Waals surface area contributed by atoms with E-state index in [2.05, 4.69) is 35.5 Å². The smallest absolute Gasteiger partial charge is 0.0145 e. The quantitative estimate of drug-likeness (QED) is 0.345. The van der Waals surface area contributed by atoms with E-state index in [1.807, 2.05) is 0 Å². The van der Waals surface area contributed by atoms with E-state index in [0.717, 1.165) is 10.6 Å². The average Bonchev–Trinajstić information content (AvgIpc) is 2.11. The Morgan fingerprint density at radius 3 is 2.23 bits per heavy atom. The van der Waals surface area contributed by atoms with Crippen molar-refractivity contribution in [3.63, 3.8) is 0 Å². The minimum atomic E-state index is 0.766. The van der Waals surface area contributed by atoms with Crippen molar-refractivity contribution in [1.82, 2.24) is 0 Å². The molecule has 0 aromatic rings. The summed E-state index contributed by atoms with van der Waals surface area (Å²) in [5, 5.41) is 0. The standard InChI is InChI=1S/C11H23BrS/c1-2-8-11(12)9-6-4-3-5-7-10-13/h11,13H,2-10H2,1H3. The molecule has 0 heterocycles. The molecule has 0 aliphatic carbocycles. The van der Waals surface area contributed by atoms with Crippen molar-refractivity contribution in [3.05, 3.63) is 0 Å². The summed E-state index contributed by atoms with van der Waals surface area (Å²) in [6.45, 7) is 2.25.